The smallest absolute Gasteiger partial charge is 0.119 e. The maximum Gasteiger partial charge on any atom is 0.119 e. The third kappa shape index (κ3) is 5.60. The Hall–Kier alpha value is -1.80. The lowest BCUT2D eigenvalue weighted by Gasteiger charge is -2.14. The Bertz CT molecular complexity index is 524. The molecule has 112 valence electrons. The van der Waals surface area contributed by atoms with Crippen molar-refractivity contribution in [2.24, 2.45) is 0 Å². The standard InChI is InChI=1S/C19H25NO/c1-3-21-19-11-7-10-18(14-19)15-20-16(2)12-13-17-8-5-4-6-9-17/h4-11,14,16,20H,3,12-13,15H2,1-2H3/t16-/m1/s1. The highest BCUT2D eigenvalue weighted by Gasteiger charge is 2.03. The van der Waals surface area contributed by atoms with E-state index in [1.807, 2.05) is 13.0 Å². The molecule has 0 unspecified atom stereocenters. The minimum absolute atomic E-state index is 0.501. The molecule has 0 spiro atoms. The summed E-state index contributed by atoms with van der Waals surface area (Å²) in [5.41, 5.74) is 2.68. The van der Waals surface area contributed by atoms with E-state index in [2.05, 4.69) is 60.8 Å². The number of nitrogens with one attached hydrogen (secondary N) is 1. The highest BCUT2D eigenvalue weighted by Crippen LogP contribution is 2.13. The number of hydrogen-bond acceptors (Lipinski definition) is 2. The van der Waals surface area contributed by atoms with E-state index in [0.29, 0.717) is 12.6 Å². The van der Waals surface area contributed by atoms with E-state index in [-0.39, 0.29) is 0 Å². The zero-order valence-corrected chi connectivity index (χ0v) is 13.0. The normalized spacial score (nSPS) is 12.1. The number of ether oxygens (including phenoxy) is 1. The lowest BCUT2D eigenvalue weighted by molar-refractivity contribution is 0.339. The van der Waals surface area contributed by atoms with Gasteiger partial charge in [-0.1, -0.05) is 42.5 Å². The Labute approximate surface area is 128 Å². The molecule has 1 atom stereocenters. The first-order chi connectivity index (χ1) is 10.3. The summed E-state index contributed by atoms with van der Waals surface area (Å²) in [7, 11) is 0. The van der Waals surface area contributed by atoms with E-state index in [9.17, 15) is 0 Å². The van der Waals surface area contributed by atoms with Crippen LogP contribution in [0.5, 0.6) is 5.75 Å². The second-order valence-electron chi connectivity index (χ2n) is 5.39. The van der Waals surface area contributed by atoms with Crippen molar-refractivity contribution in [3.05, 3.63) is 65.7 Å². The molecule has 2 aromatic carbocycles. The molecular formula is C19H25NO. The van der Waals surface area contributed by atoms with E-state index in [1.54, 1.807) is 0 Å². The van der Waals surface area contributed by atoms with Gasteiger partial charge in [0.05, 0.1) is 6.61 Å². The summed E-state index contributed by atoms with van der Waals surface area (Å²) in [6.07, 6.45) is 2.27. The molecule has 2 aromatic rings. The SMILES string of the molecule is CCOc1cccc(CN[C@H](C)CCc2ccccc2)c1. The Morgan fingerprint density at radius 3 is 2.52 bits per heavy atom. The summed E-state index contributed by atoms with van der Waals surface area (Å²) >= 11 is 0. The van der Waals surface area contributed by atoms with Crippen molar-refractivity contribution in [3.8, 4) is 5.75 Å². The Kier molecular flexibility index (Phi) is 6.29. The molecule has 0 aliphatic heterocycles. The molecule has 2 nitrogen and oxygen atoms in total. The fourth-order valence-electron chi connectivity index (χ4n) is 2.33. The van der Waals surface area contributed by atoms with E-state index in [1.165, 1.54) is 11.1 Å². The van der Waals surface area contributed by atoms with Crippen LogP contribution in [0.4, 0.5) is 0 Å². The van der Waals surface area contributed by atoms with Gasteiger partial charge in [0.15, 0.2) is 0 Å². The third-order valence-corrected chi connectivity index (χ3v) is 3.57. The quantitative estimate of drug-likeness (QED) is 0.784. The van der Waals surface area contributed by atoms with Crippen molar-refractivity contribution < 1.29 is 4.74 Å². The van der Waals surface area contributed by atoms with E-state index < -0.39 is 0 Å². The molecule has 0 aromatic heterocycles. The van der Waals surface area contributed by atoms with Crippen LogP contribution in [0.2, 0.25) is 0 Å². The molecule has 1 N–H and O–H groups in total. The molecule has 2 heteroatoms. The van der Waals surface area contributed by atoms with Gasteiger partial charge in [-0.3, -0.25) is 0 Å². The Morgan fingerprint density at radius 2 is 1.76 bits per heavy atom. The molecule has 0 bridgehead atoms. The number of hydrogen-bond donors (Lipinski definition) is 1. The van der Waals surface area contributed by atoms with Crippen molar-refractivity contribution in [2.75, 3.05) is 6.61 Å². The van der Waals surface area contributed by atoms with Crippen LogP contribution in [-0.4, -0.2) is 12.6 Å². The van der Waals surface area contributed by atoms with Crippen LogP contribution < -0.4 is 10.1 Å². The van der Waals surface area contributed by atoms with Gasteiger partial charge in [0.2, 0.25) is 0 Å². The maximum absolute atomic E-state index is 5.53. The summed E-state index contributed by atoms with van der Waals surface area (Å²) in [6.45, 7) is 5.85. The first kappa shape index (κ1) is 15.6. The van der Waals surface area contributed by atoms with E-state index in [0.717, 1.165) is 25.1 Å². The van der Waals surface area contributed by atoms with Gasteiger partial charge < -0.3 is 10.1 Å². The van der Waals surface area contributed by atoms with Gasteiger partial charge in [0, 0.05) is 12.6 Å². The monoisotopic (exact) mass is 283 g/mol. The maximum atomic E-state index is 5.53. The fraction of sp³-hybridized carbons (Fsp3) is 0.368. The lowest BCUT2D eigenvalue weighted by Crippen LogP contribution is -2.25. The summed E-state index contributed by atoms with van der Waals surface area (Å²) in [5.74, 6) is 0.953. The molecule has 0 amide bonds. The highest BCUT2D eigenvalue weighted by molar-refractivity contribution is 5.28. The van der Waals surface area contributed by atoms with Gasteiger partial charge in [0.1, 0.15) is 5.75 Å². The number of benzene rings is 2. The largest absolute Gasteiger partial charge is 0.494 e. The fourth-order valence-corrected chi connectivity index (χ4v) is 2.33. The molecule has 0 aliphatic carbocycles. The molecule has 0 radical (unpaired) electrons. The predicted octanol–water partition coefficient (Wildman–Crippen LogP) is 4.20. The number of rotatable bonds is 8. The molecule has 0 saturated carbocycles. The third-order valence-electron chi connectivity index (χ3n) is 3.57. The van der Waals surface area contributed by atoms with Gasteiger partial charge in [0.25, 0.3) is 0 Å². The van der Waals surface area contributed by atoms with Gasteiger partial charge in [-0.15, -0.1) is 0 Å². The van der Waals surface area contributed by atoms with Gasteiger partial charge in [-0.2, -0.15) is 0 Å². The van der Waals surface area contributed by atoms with Crippen molar-refractivity contribution in [1.82, 2.24) is 5.32 Å². The van der Waals surface area contributed by atoms with Crippen LogP contribution in [0, 0.1) is 0 Å². The molecule has 21 heavy (non-hydrogen) atoms. The Balaban J connectivity index is 1.75. The highest BCUT2D eigenvalue weighted by atomic mass is 16.5. The first-order valence-electron chi connectivity index (χ1n) is 7.77. The zero-order chi connectivity index (χ0) is 14.9. The van der Waals surface area contributed by atoms with E-state index in [4.69, 9.17) is 4.74 Å². The predicted molar refractivity (Wildman–Crippen MR) is 88.7 cm³/mol. The van der Waals surface area contributed by atoms with Crippen LogP contribution in [0.25, 0.3) is 0 Å². The number of aryl methyl sites for hydroxylation is 1. The molecule has 0 heterocycles. The van der Waals surface area contributed by atoms with Crippen LogP contribution >= 0.6 is 0 Å². The second kappa shape index (κ2) is 8.48. The van der Waals surface area contributed by atoms with Gasteiger partial charge >= 0.3 is 0 Å². The average molecular weight is 283 g/mol. The van der Waals surface area contributed by atoms with E-state index >= 15 is 0 Å². The summed E-state index contributed by atoms with van der Waals surface area (Å²) in [6, 6.07) is 19.5. The Morgan fingerprint density at radius 1 is 1.00 bits per heavy atom. The van der Waals surface area contributed by atoms with Crippen molar-refractivity contribution >= 4 is 0 Å². The summed E-state index contributed by atoms with van der Waals surface area (Å²) in [5, 5.41) is 3.58. The molecule has 0 aliphatic rings. The van der Waals surface area contributed by atoms with Crippen LogP contribution in [0.3, 0.4) is 0 Å². The van der Waals surface area contributed by atoms with Crippen molar-refractivity contribution in [2.45, 2.75) is 39.3 Å². The molecule has 0 fully saturated rings. The van der Waals surface area contributed by atoms with Gasteiger partial charge in [-0.25, -0.2) is 0 Å². The molecular weight excluding hydrogens is 258 g/mol. The minimum Gasteiger partial charge on any atom is -0.494 e. The topological polar surface area (TPSA) is 21.3 Å². The summed E-state index contributed by atoms with van der Waals surface area (Å²) in [4.78, 5) is 0. The van der Waals surface area contributed by atoms with Crippen molar-refractivity contribution in [3.63, 3.8) is 0 Å². The molecule has 2 rings (SSSR count). The average Bonchev–Trinajstić information content (AvgIpc) is 2.53. The first-order valence-corrected chi connectivity index (χ1v) is 7.77. The van der Waals surface area contributed by atoms with Crippen LogP contribution in [-0.2, 0) is 13.0 Å². The zero-order valence-electron chi connectivity index (χ0n) is 13.0. The summed E-state index contributed by atoms with van der Waals surface area (Å²) < 4.78 is 5.53. The van der Waals surface area contributed by atoms with Crippen LogP contribution in [0.15, 0.2) is 54.6 Å². The van der Waals surface area contributed by atoms with Crippen molar-refractivity contribution in [1.29, 1.82) is 0 Å². The lowest BCUT2D eigenvalue weighted by atomic mass is 10.1. The van der Waals surface area contributed by atoms with Gasteiger partial charge in [-0.05, 0) is 49.9 Å². The second-order valence-corrected chi connectivity index (χ2v) is 5.39. The minimum atomic E-state index is 0.501. The van der Waals surface area contributed by atoms with Crippen LogP contribution in [0.1, 0.15) is 31.4 Å². The molecule has 0 saturated heterocycles.